The lowest BCUT2D eigenvalue weighted by molar-refractivity contribution is -0.138. The Morgan fingerprint density at radius 1 is 1.42 bits per heavy atom. The highest BCUT2D eigenvalue weighted by atomic mass is 19.4. The molecule has 0 aliphatic heterocycles. The van der Waals surface area contributed by atoms with Gasteiger partial charge >= 0.3 is 6.18 Å². The van der Waals surface area contributed by atoms with Crippen LogP contribution in [0.2, 0.25) is 0 Å². The summed E-state index contributed by atoms with van der Waals surface area (Å²) in [5.41, 5.74) is -0.465. The number of hydrogen-bond acceptors (Lipinski definition) is 2. The minimum Gasteiger partial charge on any atom is -0.392 e. The number of carbonyl (C=O) groups is 1. The molecule has 0 radical (unpaired) electrons. The molecule has 1 amide bonds. The third-order valence-electron chi connectivity index (χ3n) is 2.57. The Kier molecular flexibility index (Phi) is 4.94. The molecule has 3 nitrogen and oxygen atoms in total. The smallest absolute Gasteiger partial charge is 0.392 e. The van der Waals surface area contributed by atoms with E-state index in [1.54, 1.807) is 0 Å². The Morgan fingerprint density at radius 2 is 2.05 bits per heavy atom. The maximum absolute atomic E-state index is 12.5. The van der Waals surface area contributed by atoms with Gasteiger partial charge in [-0.25, -0.2) is 0 Å². The molecule has 0 aliphatic rings. The SMILES string of the molecule is CC(O)CN(C)C(=O)Cc1cccc(C(F)(F)F)c1. The molecule has 6 heteroatoms. The van der Waals surface area contributed by atoms with Gasteiger partial charge < -0.3 is 10.0 Å². The van der Waals surface area contributed by atoms with Crippen LogP contribution < -0.4 is 0 Å². The molecule has 106 valence electrons. The van der Waals surface area contributed by atoms with Crippen LogP contribution in [0.4, 0.5) is 13.2 Å². The van der Waals surface area contributed by atoms with E-state index in [1.807, 2.05) is 0 Å². The second-order valence-electron chi connectivity index (χ2n) is 4.50. The van der Waals surface area contributed by atoms with Gasteiger partial charge in [0.05, 0.1) is 18.1 Å². The molecule has 1 N–H and O–H groups in total. The molecule has 0 heterocycles. The molecule has 1 aromatic carbocycles. The molecule has 1 aromatic rings. The maximum Gasteiger partial charge on any atom is 0.416 e. The van der Waals surface area contributed by atoms with Crippen LogP contribution in [0.15, 0.2) is 24.3 Å². The first-order valence-corrected chi connectivity index (χ1v) is 5.78. The van der Waals surface area contributed by atoms with Crippen LogP contribution >= 0.6 is 0 Å². The summed E-state index contributed by atoms with van der Waals surface area (Å²) in [7, 11) is 1.50. The minimum atomic E-state index is -4.41. The lowest BCUT2D eigenvalue weighted by Crippen LogP contribution is -2.34. The number of aliphatic hydroxyl groups excluding tert-OH is 1. The van der Waals surface area contributed by atoms with E-state index >= 15 is 0 Å². The number of hydrogen-bond donors (Lipinski definition) is 1. The first-order valence-electron chi connectivity index (χ1n) is 5.78. The highest BCUT2D eigenvalue weighted by Gasteiger charge is 2.30. The largest absolute Gasteiger partial charge is 0.416 e. The van der Waals surface area contributed by atoms with Crippen molar-refractivity contribution in [3.8, 4) is 0 Å². The van der Waals surface area contributed by atoms with Crippen molar-refractivity contribution < 1.29 is 23.1 Å². The van der Waals surface area contributed by atoms with Crippen molar-refractivity contribution in [2.75, 3.05) is 13.6 Å². The zero-order chi connectivity index (χ0) is 14.6. The van der Waals surface area contributed by atoms with Crippen molar-refractivity contribution in [3.63, 3.8) is 0 Å². The molecule has 1 atom stereocenters. The highest BCUT2D eigenvalue weighted by Crippen LogP contribution is 2.29. The Morgan fingerprint density at radius 3 is 2.58 bits per heavy atom. The van der Waals surface area contributed by atoms with Gasteiger partial charge in [0.15, 0.2) is 0 Å². The van der Waals surface area contributed by atoms with Crippen LogP contribution in [0.5, 0.6) is 0 Å². The Balaban J connectivity index is 2.75. The summed E-state index contributed by atoms with van der Waals surface area (Å²) in [6, 6.07) is 4.69. The number of rotatable bonds is 4. The summed E-state index contributed by atoms with van der Waals surface area (Å²) in [4.78, 5) is 13.0. The van der Waals surface area contributed by atoms with E-state index in [0.29, 0.717) is 5.56 Å². The number of aliphatic hydroxyl groups is 1. The van der Waals surface area contributed by atoms with Gasteiger partial charge in [0.25, 0.3) is 0 Å². The first-order chi connectivity index (χ1) is 8.70. The van der Waals surface area contributed by atoms with Gasteiger partial charge in [-0.1, -0.05) is 18.2 Å². The fraction of sp³-hybridized carbons (Fsp3) is 0.462. The number of halogens is 3. The second-order valence-corrected chi connectivity index (χ2v) is 4.50. The van der Waals surface area contributed by atoms with Crippen molar-refractivity contribution in [2.45, 2.75) is 25.6 Å². The minimum absolute atomic E-state index is 0.118. The van der Waals surface area contributed by atoms with E-state index in [9.17, 15) is 18.0 Å². The third-order valence-corrected chi connectivity index (χ3v) is 2.57. The molecule has 1 rings (SSSR count). The molecule has 0 aromatic heterocycles. The van der Waals surface area contributed by atoms with Crippen molar-refractivity contribution in [3.05, 3.63) is 35.4 Å². The maximum atomic E-state index is 12.5. The first kappa shape index (κ1) is 15.5. The molecule has 0 aliphatic carbocycles. The molecule has 0 saturated heterocycles. The normalized spacial score (nSPS) is 13.2. The summed E-state index contributed by atoms with van der Waals surface area (Å²) in [6.07, 6.45) is -5.20. The molecule has 0 fully saturated rings. The Bertz CT molecular complexity index is 444. The van der Waals surface area contributed by atoms with Gasteiger partial charge in [-0.3, -0.25) is 4.79 Å². The van der Waals surface area contributed by atoms with Gasteiger partial charge in [0.2, 0.25) is 5.91 Å². The molecular weight excluding hydrogens is 259 g/mol. The number of nitrogens with zero attached hydrogens (tertiary/aromatic N) is 1. The molecule has 1 unspecified atom stereocenters. The number of likely N-dealkylation sites (N-methyl/N-ethyl adjacent to an activating group) is 1. The van der Waals surface area contributed by atoms with Crippen molar-refractivity contribution in [1.29, 1.82) is 0 Å². The van der Waals surface area contributed by atoms with Crippen LogP contribution in [0, 0.1) is 0 Å². The number of amides is 1. The van der Waals surface area contributed by atoms with E-state index < -0.39 is 17.8 Å². The van der Waals surface area contributed by atoms with Crippen LogP contribution in [-0.2, 0) is 17.4 Å². The van der Waals surface area contributed by atoms with Crippen molar-refractivity contribution >= 4 is 5.91 Å². The summed E-state index contributed by atoms with van der Waals surface area (Å²) < 4.78 is 37.5. The number of alkyl halides is 3. The van der Waals surface area contributed by atoms with Crippen LogP contribution in [0.1, 0.15) is 18.1 Å². The van der Waals surface area contributed by atoms with Crippen molar-refractivity contribution in [1.82, 2.24) is 4.90 Å². The van der Waals surface area contributed by atoms with Crippen LogP contribution in [0.25, 0.3) is 0 Å². The molecule has 0 saturated carbocycles. The lowest BCUT2D eigenvalue weighted by Gasteiger charge is -2.19. The van der Waals surface area contributed by atoms with Gasteiger partial charge in [-0.15, -0.1) is 0 Å². The average Bonchev–Trinajstić information content (AvgIpc) is 2.27. The third kappa shape index (κ3) is 4.90. The van der Waals surface area contributed by atoms with Crippen LogP contribution in [-0.4, -0.2) is 35.6 Å². The molecular formula is C13H16F3NO2. The fourth-order valence-corrected chi connectivity index (χ4v) is 1.67. The van der Waals surface area contributed by atoms with Gasteiger partial charge in [0.1, 0.15) is 0 Å². The lowest BCUT2D eigenvalue weighted by atomic mass is 10.1. The van der Waals surface area contributed by atoms with Crippen molar-refractivity contribution in [2.24, 2.45) is 0 Å². The quantitative estimate of drug-likeness (QED) is 0.914. The monoisotopic (exact) mass is 275 g/mol. The van der Waals surface area contributed by atoms with E-state index in [4.69, 9.17) is 5.11 Å². The second kappa shape index (κ2) is 6.06. The van der Waals surface area contributed by atoms with Gasteiger partial charge in [-0.2, -0.15) is 13.2 Å². The summed E-state index contributed by atoms with van der Waals surface area (Å²) in [5, 5.41) is 9.15. The van der Waals surface area contributed by atoms with Crippen LogP contribution in [0.3, 0.4) is 0 Å². The molecule has 19 heavy (non-hydrogen) atoms. The van der Waals surface area contributed by atoms with Gasteiger partial charge in [-0.05, 0) is 18.6 Å². The molecule has 0 bridgehead atoms. The number of benzene rings is 1. The highest BCUT2D eigenvalue weighted by molar-refractivity contribution is 5.78. The molecule has 0 spiro atoms. The Hall–Kier alpha value is -1.56. The van der Waals surface area contributed by atoms with E-state index in [0.717, 1.165) is 12.1 Å². The average molecular weight is 275 g/mol. The summed E-state index contributed by atoms with van der Waals surface area (Å²) >= 11 is 0. The predicted molar refractivity (Wildman–Crippen MR) is 64.5 cm³/mol. The standard InChI is InChI=1S/C13H16F3NO2/c1-9(18)8-17(2)12(19)7-10-4-3-5-11(6-10)13(14,15)16/h3-6,9,18H,7-8H2,1-2H3. The van der Waals surface area contributed by atoms with E-state index in [-0.39, 0.29) is 18.9 Å². The summed E-state index contributed by atoms with van der Waals surface area (Å²) in [6.45, 7) is 1.69. The Labute approximate surface area is 109 Å². The summed E-state index contributed by atoms with van der Waals surface area (Å²) in [5.74, 6) is -0.333. The zero-order valence-corrected chi connectivity index (χ0v) is 10.7. The van der Waals surface area contributed by atoms with E-state index in [2.05, 4.69) is 0 Å². The van der Waals surface area contributed by atoms with Gasteiger partial charge in [0, 0.05) is 13.6 Å². The predicted octanol–water partition coefficient (Wildman–Crippen LogP) is 2.09. The topological polar surface area (TPSA) is 40.5 Å². The zero-order valence-electron chi connectivity index (χ0n) is 10.7. The van der Waals surface area contributed by atoms with E-state index in [1.165, 1.54) is 31.0 Å². The fourth-order valence-electron chi connectivity index (χ4n) is 1.67. The number of carbonyl (C=O) groups excluding carboxylic acids is 1.